The zero-order chi connectivity index (χ0) is 8.20. The molecule has 0 saturated heterocycles. The van der Waals surface area contributed by atoms with Gasteiger partial charge in [-0.1, -0.05) is 11.4 Å². The van der Waals surface area contributed by atoms with Crippen molar-refractivity contribution in [1.82, 2.24) is 4.57 Å². The number of halogens is 1. The van der Waals surface area contributed by atoms with E-state index in [4.69, 9.17) is 11.6 Å². The van der Waals surface area contributed by atoms with E-state index in [2.05, 4.69) is 17.7 Å². The molecule has 0 aromatic rings. The van der Waals surface area contributed by atoms with Crippen LogP contribution in [0.25, 0.3) is 0 Å². The van der Waals surface area contributed by atoms with Crippen molar-refractivity contribution in [2.45, 2.75) is 0 Å². The minimum atomic E-state index is -1.67. The minimum absolute atomic E-state index is 0.632. The smallest absolute Gasteiger partial charge is 0.191 e. The van der Waals surface area contributed by atoms with Gasteiger partial charge in [0.1, 0.15) is 0 Å². The van der Waals surface area contributed by atoms with Gasteiger partial charge in [0.25, 0.3) is 0 Å². The molecule has 10 heavy (non-hydrogen) atoms. The molecule has 0 N–H and O–H groups in total. The second-order valence-corrected chi connectivity index (χ2v) is 7.19. The number of alkyl halides is 1. The highest BCUT2D eigenvalue weighted by molar-refractivity contribution is 6.90. The predicted molar refractivity (Wildman–Crippen MR) is 50.6 cm³/mol. The van der Waals surface area contributed by atoms with E-state index >= 15 is 0 Å². The van der Waals surface area contributed by atoms with E-state index in [1.165, 1.54) is 0 Å². The second-order valence-electron chi connectivity index (χ2n) is 2.43. The van der Waals surface area contributed by atoms with Crippen LogP contribution in [-0.4, -0.2) is 32.4 Å². The van der Waals surface area contributed by atoms with E-state index in [1.54, 1.807) is 0 Å². The summed E-state index contributed by atoms with van der Waals surface area (Å²) in [7, 11) is 2.36. The number of hydrogen-bond donors (Lipinski definition) is 0. The molecule has 1 nitrogen and oxygen atoms in total. The van der Waals surface area contributed by atoms with Gasteiger partial charge < -0.3 is 4.57 Å². The Kier molecular flexibility index (Phi) is 3.94. The second kappa shape index (κ2) is 3.96. The van der Waals surface area contributed by atoms with Crippen LogP contribution in [0.4, 0.5) is 0 Å². The Morgan fingerprint density at radius 1 is 1.40 bits per heavy atom. The highest BCUT2D eigenvalue weighted by Gasteiger charge is 2.27. The van der Waals surface area contributed by atoms with Crippen molar-refractivity contribution in [3.05, 3.63) is 24.6 Å². The van der Waals surface area contributed by atoms with Crippen LogP contribution in [0.3, 0.4) is 0 Å². The first-order valence-corrected chi connectivity index (χ1v) is 5.98. The van der Waals surface area contributed by atoms with Crippen LogP contribution in [0.15, 0.2) is 24.6 Å². The van der Waals surface area contributed by atoms with E-state index in [9.17, 15) is 0 Å². The highest BCUT2D eigenvalue weighted by Crippen LogP contribution is 2.10. The summed E-state index contributed by atoms with van der Waals surface area (Å²) in [4.78, 5) is 0. The first kappa shape index (κ1) is 9.95. The summed E-state index contributed by atoms with van der Waals surface area (Å²) in [5.74, 6) is 0. The van der Waals surface area contributed by atoms with Gasteiger partial charge in [-0.3, -0.25) is 0 Å². The van der Waals surface area contributed by atoms with Crippen LogP contribution in [0.1, 0.15) is 0 Å². The lowest BCUT2D eigenvalue weighted by Crippen LogP contribution is -2.48. The number of rotatable bonds is 4. The van der Waals surface area contributed by atoms with E-state index < -0.39 is 8.24 Å². The molecule has 0 aliphatic carbocycles. The van der Waals surface area contributed by atoms with E-state index in [0.29, 0.717) is 5.50 Å². The van der Waals surface area contributed by atoms with Gasteiger partial charge >= 0.3 is 0 Å². The number of hydrogen-bond acceptors (Lipinski definition) is 1. The fourth-order valence-electron chi connectivity index (χ4n) is 0.677. The molecule has 3 heteroatoms. The monoisotopic (exact) mass is 175 g/mol. The lowest BCUT2D eigenvalue weighted by molar-refractivity contribution is 0.636. The predicted octanol–water partition coefficient (Wildman–Crippen LogP) is 1.72. The maximum Gasteiger partial charge on any atom is 0.191 e. The van der Waals surface area contributed by atoms with Crippen molar-refractivity contribution in [3.63, 3.8) is 0 Å². The van der Waals surface area contributed by atoms with Crippen molar-refractivity contribution in [2.75, 3.05) is 19.6 Å². The fraction of sp³-hybridized carbons (Fsp3) is 0.429. The number of nitrogens with zero attached hydrogens (tertiary/aromatic N) is 1. The maximum absolute atomic E-state index is 5.80. The molecule has 0 aromatic carbocycles. The van der Waals surface area contributed by atoms with Gasteiger partial charge in [-0.25, -0.2) is 0 Å². The van der Waals surface area contributed by atoms with Gasteiger partial charge in [-0.15, -0.1) is 24.8 Å². The summed E-state index contributed by atoms with van der Waals surface area (Å²) in [6.07, 6.45) is 0. The Morgan fingerprint density at radius 3 is 1.80 bits per heavy atom. The molecule has 0 radical (unpaired) electrons. The molecule has 0 unspecified atom stereocenters. The minimum Gasteiger partial charge on any atom is -0.322 e. The molecule has 58 valence electrons. The first-order valence-electron chi connectivity index (χ1n) is 3.13. The molecule has 0 aliphatic heterocycles. The van der Waals surface area contributed by atoms with E-state index in [-0.39, 0.29) is 0 Å². The van der Waals surface area contributed by atoms with Crippen molar-refractivity contribution < 1.29 is 0 Å². The van der Waals surface area contributed by atoms with Crippen molar-refractivity contribution >= 4 is 19.8 Å². The van der Waals surface area contributed by atoms with Gasteiger partial charge in [0, 0.05) is 5.50 Å². The molecular formula is C7H14ClNSi. The third kappa shape index (κ3) is 1.72. The van der Waals surface area contributed by atoms with Crippen LogP contribution in [-0.2, 0) is 0 Å². The largest absolute Gasteiger partial charge is 0.322 e. The molecule has 0 aliphatic rings. The summed E-state index contributed by atoms with van der Waals surface area (Å²) in [5.41, 5.74) is 4.51. The molecular weight excluding hydrogens is 162 g/mol. The highest BCUT2D eigenvalue weighted by atomic mass is 35.5. The molecule has 0 atom stereocenters. The average molecular weight is 176 g/mol. The van der Waals surface area contributed by atoms with Gasteiger partial charge in [0.2, 0.25) is 0 Å². The molecule has 0 amide bonds. The van der Waals surface area contributed by atoms with Crippen LogP contribution < -0.4 is 0 Å². The summed E-state index contributed by atoms with van der Waals surface area (Å²) < 4.78 is 2.12. The van der Waals surface area contributed by atoms with E-state index in [1.807, 2.05) is 25.5 Å². The zero-order valence-electron chi connectivity index (χ0n) is 6.60. The Bertz CT molecular complexity index is 126. The molecule has 0 bridgehead atoms. The standard InChI is InChI=1S/C7H14ClNSi/c1-5-10(6-2,7-8)9(3)4/h5-6H,1-2,7H2,3-4H3. The van der Waals surface area contributed by atoms with Crippen LogP contribution >= 0.6 is 11.6 Å². The van der Waals surface area contributed by atoms with Crippen LogP contribution in [0, 0.1) is 0 Å². The van der Waals surface area contributed by atoms with Crippen LogP contribution in [0.5, 0.6) is 0 Å². The lowest BCUT2D eigenvalue weighted by atomic mass is 11.2. The zero-order valence-corrected chi connectivity index (χ0v) is 8.36. The molecule has 0 aromatic heterocycles. The summed E-state index contributed by atoms with van der Waals surface area (Å²) in [5, 5.41) is 0. The Labute approximate surface area is 69.1 Å². The summed E-state index contributed by atoms with van der Waals surface area (Å²) in [6, 6.07) is 0. The van der Waals surface area contributed by atoms with Crippen molar-refractivity contribution in [3.8, 4) is 0 Å². The molecule has 0 fully saturated rings. The summed E-state index contributed by atoms with van der Waals surface area (Å²) >= 11 is 5.80. The molecule has 0 rings (SSSR count). The quantitative estimate of drug-likeness (QED) is 0.465. The fourth-order valence-corrected chi connectivity index (χ4v) is 3.40. The Hall–Kier alpha value is -0.0531. The first-order chi connectivity index (χ1) is 4.63. The lowest BCUT2D eigenvalue weighted by Gasteiger charge is -2.28. The van der Waals surface area contributed by atoms with Gasteiger partial charge in [-0.05, 0) is 14.1 Å². The SMILES string of the molecule is C=C[Si](C=C)(CCl)N(C)C. The average Bonchev–Trinajstić information content (AvgIpc) is 1.92. The van der Waals surface area contributed by atoms with Gasteiger partial charge in [0.15, 0.2) is 8.24 Å². The summed E-state index contributed by atoms with van der Waals surface area (Å²) in [6.45, 7) is 7.52. The topological polar surface area (TPSA) is 3.24 Å². The maximum atomic E-state index is 5.80. The third-order valence-corrected chi connectivity index (χ3v) is 6.55. The van der Waals surface area contributed by atoms with Crippen molar-refractivity contribution in [1.29, 1.82) is 0 Å². The van der Waals surface area contributed by atoms with Crippen LogP contribution in [0.2, 0.25) is 0 Å². The van der Waals surface area contributed by atoms with Gasteiger partial charge in [-0.2, -0.15) is 0 Å². The Morgan fingerprint density at radius 2 is 1.80 bits per heavy atom. The van der Waals surface area contributed by atoms with Crippen molar-refractivity contribution in [2.24, 2.45) is 0 Å². The molecule has 0 saturated carbocycles. The van der Waals surface area contributed by atoms with Gasteiger partial charge in [0.05, 0.1) is 0 Å². The Balaban J connectivity index is 4.45. The molecule has 0 spiro atoms. The normalized spacial score (nSPS) is 11.6. The van der Waals surface area contributed by atoms with E-state index in [0.717, 1.165) is 0 Å². The third-order valence-electron chi connectivity index (χ3n) is 1.75. The molecule has 0 heterocycles.